The second kappa shape index (κ2) is 13.0. The van der Waals surface area contributed by atoms with Crippen LogP contribution in [0, 0.1) is 13.8 Å². The molecule has 0 saturated heterocycles. The number of aromatic nitrogens is 1. The molecule has 0 aliphatic heterocycles. The van der Waals surface area contributed by atoms with Gasteiger partial charge < -0.3 is 14.4 Å². The number of rotatable bonds is 12. The highest BCUT2D eigenvalue weighted by Crippen LogP contribution is 2.30. The predicted octanol–water partition coefficient (Wildman–Crippen LogP) is 3.35. The molecule has 2 aromatic carbocycles. The maximum atomic E-state index is 13.7. The number of methoxy groups -OCH3 is 2. The maximum absolute atomic E-state index is 13.7. The highest BCUT2D eigenvalue weighted by atomic mass is 32.2. The monoisotopic (exact) mass is 576 g/mol. The Labute approximate surface area is 232 Å². The van der Waals surface area contributed by atoms with Gasteiger partial charge in [-0.05, 0) is 44.4 Å². The van der Waals surface area contributed by atoms with Crippen LogP contribution in [0.15, 0.2) is 42.5 Å². The number of hydrogen-bond acceptors (Lipinski definition) is 9. The first-order valence-electron chi connectivity index (χ1n) is 12.0. The number of carbonyl (C=O) groups is 2. The third kappa shape index (κ3) is 7.53. The molecule has 0 bridgehead atoms. The van der Waals surface area contributed by atoms with Crippen molar-refractivity contribution in [3.05, 3.63) is 74.7 Å². The average Bonchev–Trinajstić information content (AvgIpc) is 3.28. The number of thiazole rings is 1. The Morgan fingerprint density at radius 2 is 1.69 bits per heavy atom. The number of amides is 2. The van der Waals surface area contributed by atoms with Crippen LogP contribution in [0.1, 0.15) is 48.3 Å². The first-order chi connectivity index (χ1) is 18.5. The van der Waals surface area contributed by atoms with E-state index in [0.717, 1.165) is 24.6 Å². The smallest absolute Gasteiger partial charge is 0.325 e. The van der Waals surface area contributed by atoms with Gasteiger partial charge in [-0.3, -0.25) is 14.8 Å². The molecule has 11 nitrogen and oxygen atoms in total. The zero-order valence-electron chi connectivity index (χ0n) is 22.4. The van der Waals surface area contributed by atoms with Gasteiger partial charge in [0.05, 0.1) is 20.8 Å². The second-order valence-corrected chi connectivity index (χ2v) is 11.7. The van der Waals surface area contributed by atoms with Crippen molar-refractivity contribution >= 4 is 33.4 Å². The fraction of sp³-hybridized carbons (Fsp3) is 0.346. The minimum Gasteiger partial charge on any atom is -0.496 e. The molecule has 3 aromatic rings. The highest BCUT2D eigenvalue weighted by molar-refractivity contribution is 7.87. The van der Waals surface area contributed by atoms with E-state index < -0.39 is 16.1 Å². The van der Waals surface area contributed by atoms with E-state index >= 15 is 0 Å². The fourth-order valence-corrected chi connectivity index (χ4v) is 5.30. The van der Waals surface area contributed by atoms with Crippen LogP contribution in [0.5, 0.6) is 11.5 Å². The van der Waals surface area contributed by atoms with Crippen LogP contribution in [0.3, 0.4) is 0 Å². The standard InChI is InChI=1S/C26H32N4O7S2/c1-17-21(36-4)14-20(15-22(17)37-5)26(32)30(13-9-12-19-10-7-6-8-11-19)16-23-27-24(18(2)38-23)25(31)28-39(34,35)29(3)33/h6-8,10-11,14-15,33H,9,12-13,16H2,1-5H3,(H,28,31). The molecule has 3 rings (SSSR count). The number of ether oxygens (including phenoxy) is 2. The van der Waals surface area contributed by atoms with Gasteiger partial charge in [-0.25, -0.2) is 9.71 Å². The fourth-order valence-electron chi connectivity index (χ4n) is 3.89. The van der Waals surface area contributed by atoms with E-state index in [9.17, 15) is 23.2 Å². The summed E-state index contributed by atoms with van der Waals surface area (Å²) in [5.74, 6) is -0.226. The van der Waals surface area contributed by atoms with Gasteiger partial charge in [-0.2, -0.15) is 8.42 Å². The second-order valence-electron chi connectivity index (χ2n) is 8.70. The van der Waals surface area contributed by atoms with Gasteiger partial charge >= 0.3 is 10.2 Å². The lowest BCUT2D eigenvalue weighted by molar-refractivity contribution is 0.0291. The van der Waals surface area contributed by atoms with Crippen molar-refractivity contribution in [2.75, 3.05) is 27.8 Å². The van der Waals surface area contributed by atoms with Gasteiger partial charge in [0.2, 0.25) is 0 Å². The van der Waals surface area contributed by atoms with Gasteiger partial charge in [0.1, 0.15) is 22.2 Å². The van der Waals surface area contributed by atoms with Gasteiger partial charge in [0.15, 0.2) is 0 Å². The summed E-state index contributed by atoms with van der Waals surface area (Å²) in [6.45, 7) is 3.96. The number of benzene rings is 2. The zero-order chi connectivity index (χ0) is 28.7. The summed E-state index contributed by atoms with van der Waals surface area (Å²) in [6.07, 6.45) is 1.43. The minimum atomic E-state index is -4.42. The van der Waals surface area contributed by atoms with E-state index in [1.54, 1.807) is 28.7 Å². The number of nitrogens with one attached hydrogen (secondary N) is 1. The van der Waals surface area contributed by atoms with Crippen molar-refractivity contribution in [1.29, 1.82) is 0 Å². The van der Waals surface area contributed by atoms with Crippen molar-refractivity contribution in [2.24, 2.45) is 0 Å². The van der Waals surface area contributed by atoms with Crippen LogP contribution in [-0.4, -0.2) is 67.6 Å². The highest BCUT2D eigenvalue weighted by Gasteiger charge is 2.25. The topological polar surface area (TPSA) is 138 Å². The number of hydrogen-bond donors (Lipinski definition) is 2. The zero-order valence-corrected chi connectivity index (χ0v) is 24.1. The van der Waals surface area contributed by atoms with Crippen molar-refractivity contribution in [1.82, 2.24) is 19.1 Å². The molecular weight excluding hydrogens is 544 g/mol. The van der Waals surface area contributed by atoms with E-state index in [1.165, 1.54) is 25.6 Å². The van der Waals surface area contributed by atoms with E-state index in [0.29, 0.717) is 39.9 Å². The number of aryl methyl sites for hydroxylation is 2. The molecule has 210 valence electrons. The third-order valence-electron chi connectivity index (χ3n) is 5.97. The molecule has 0 radical (unpaired) electrons. The molecule has 0 fully saturated rings. The molecule has 1 aromatic heterocycles. The molecular formula is C26H32N4O7S2. The SMILES string of the molecule is COc1cc(C(=O)N(CCCc2ccccc2)Cc2nc(C(=O)NS(=O)(=O)N(C)O)c(C)s2)cc(OC)c1C. The molecule has 13 heteroatoms. The molecule has 0 unspecified atom stereocenters. The van der Waals surface area contributed by atoms with Crippen LogP contribution >= 0.6 is 11.3 Å². The lowest BCUT2D eigenvalue weighted by Gasteiger charge is -2.23. The summed E-state index contributed by atoms with van der Waals surface area (Å²) < 4.78 is 36.3. The van der Waals surface area contributed by atoms with E-state index in [4.69, 9.17) is 9.47 Å². The van der Waals surface area contributed by atoms with Crippen molar-refractivity contribution in [3.8, 4) is 11.5 Å². The Balaban J connectivity index is 1.88. The lowest BCUT2D eigenvalue weighted by atomic mass is 10.1. The Kier molecular flexibility index (Phi) is 10.0. The first-order valence-corrected chi connectivity index (χ1v) is 14.2. The summed E-state index contributed by atoms with van der Waals surface area (Å²) in [6, 6.07) is 13.2. The van der Waals surface area contributed by atoms with E-state index in [1.807, 2.05) is 37.3 Å². The quantitative estimate of drug-likeness (QED) is 0.313. The Bertz CT molecular complexity index is 1400. The molecule has 39 heavy (non-hydrogen) atoms. The molecule has 0 saturated carbocycles. The first kappa shape index (κ1) is 30.0. The summed E-state index contributed by atoms with van der Waals surface area (Å²) >= 11 is 1.18. The largest absolute Gasteiger partial charge is 0.496 e. The van der Waals surface area contributed by atoms with Gasteiger partial charge in [0, 0.05) is 29.6 Å². The van der Waals surface area contributed by atoms with Crippen LogP contribution in [0.25, 0.3) is 0 Å². The summed E-state index contributed by atoms with van der Waals surface area (Å²) in [7, 11) is -0.495. The molecule has 0 spiro atoms. The lowest BCUT2D eigenvalue weighted by Crippen LogP contribution is -2.40. The molecule has 1 heterocycles. The molecule has 2 amide bonds. The predicted molar refractivity (Wildman–Crippen MR) is 147 cm³/mol. The molecule has 2 N–H and O–H groups in total. The van der Waals surface area contributed by atoms with Gasteiger partial charge in [0.25, 0.3) is 11.8 Å². The van der Waals surface area contributed by atoms with E-state index in [-0.39, 0.29) is 22.6 Å². The number of nitrogens with zero attached hydrogens (tertiary/aromatic N) is 3. The molecule has 0 atom stereocenters. The number of carbonyl (C=O) groups excluding carboxylic acids is 2. The number of hydroxylamine groups is 1. The van der Waals surface area contributed by atoms with Crippen LogP contribution in [0.2, 0.25) is 0 Å². The van der Waals surface area contributed by atoms with Crippen LogP contribution in [0.4, 0.5) is 0 Å². The van der Waals surface area contributed by atoms with Gasteiger partial charge in [-0.1, -0.05) is 34.8 Å². The Morgan fingerprint density at radius 3 is 2.26 bits per heavy atom. The summed E-state index contributed by atoms with van der Waals surface area (Å²) in [5, 5.41) is 9.70. The normalized spacial score (nSPS) is 11.4. The van der Waals surface area contributed by atoms with Crippen molar-refractivity contribution < 1.29 is 32.7 Å². The Hall–Kier alpha value is -3.52. The minimum absolute atomic E-state index is 0.0925. The molecule has 0 aliphatic rings. The maximum Gasteiger partial charge on any atom is 0.325 e. The summed E-state index contributed by atoms with van der Waals surface area (Å²) in [5.41, 5.74) is 2.18. The van der Waals surface area contributed by atoms with Crippen LogP contribution < -0.4 is 14.2 Å². The summed E-state index contributed by atoms with van der Waals surface area (Å²) in [4.78, 5) is 32.7. The van der Waals surface area contributed by atoms with E-state index in [2.05, 4.69) is 4.98 Å². The Morgan fingerprint density at radius 1 is 1.08 bits per heavy atom. The van der Waals surface area contributed by atoms with Gasteiger partial charge in [-0.15, -0.1) is 11.3 Å². The average molecular weight is 577 g/mol. The molecule has 0 aliphatic carbocycles. The third-order valence-corrected chi connectivity index (χ3v) is 8.07. The van der Waals surface area contributed by atoms with Crippen LogP contribution in [-0.2, 0) is 23.2 Å². The van der Waals surface area contributed by atoms with Crippen molar-refractivity contribution in [2.45, 2.75) is 33.2 Å². The van der Waals surface area contributed by atoms with Crippen molar-refractivity contribution in [3.63, 3.8) is 0 Å².